The second-order valence-electron chi connectivity index (χ2n) is 8.12. The van der Waals surface area contributed by atoms with Gasteiger partial charge >= 0.3 is 12.1 Å². The van der Waals surface area contributed by atoms with Crippen molar-refractivity contribution in [1.29, 1.82) is 0 Å². The lowest BCUT2D eigenvalue weighted by Crippen LogP contribution is -2.16. The zero-order valence-corrected chi connectivity index (χ0v) is 19.6. The van der Waals surface area contributed by atoms with Crippen LogP contribution in [-0.4, -0.2) is 5.97 Å². The van der Waals surface area contributed by atoms with Crippen LogP contribution in [0.1, 0.15) is 11.3 Å². The van der Waals surface area contributed by atoms with Crippen molar-refractivity contribution in [3.63, 3.8) is 0 Å². The van der Waals surface area contributed by atoms with Gasteiger partial charge < -0.3 is 9.15 Å². The van der Waals surface area contributed by atoms with Crippen LogP contribution in [0.5, 0.6) is 5.75 Å². The summed E-state index contributed by atoms with van der Waals surface area (Å²) in [5.41, 5.74) is -1.05. The minimum atomic E-state index is -4.95. The van der Waals surface area contributed by atoms with E-state index in [9.17, 15) is 22.8 Å². The smallest absolute Gasteiger partial charge is 0.450 e. The van der Waals surface area contributed by atoms with Gasteiger partial charge in [0.25, 0.3) is 0 Å². The number of halogens is 4. The van der Waals surface area contributed by atoms with Crippen LogP contribution in [0.4, 0.5) is 13.2 Å². The van der Waals surface area contributed by atoms with Crippen molar-refractivity contribution in [3.05, 3.63) is 118 Å². The van der Waals surface area contributed by atoms with Gasteiger partial charge in [0, 0.05) is 17.2 Å². The quantitative estimate of drug-likeness (QED) is 0.137. The predicted molar refractivity (Wildman–Crippen MR) is 137 cm³/mol. The summed E-state index contributed by atoms with van der Waals surface area (Å²) in [7, 11) is 0. The minimum absolute atomic E-state index is 0.0152. The van der Waals surface area contributed by atoms with Crippen LogP contribution in [0.25, 0.3) is 38.9 Å². The van der Waals surface area contributed by atoms with Gasteiger partial charge in [-0.15, -0.1) is 0 Å². The van der Waals surface area contributed by atoms with Crippen molar-refractivity contribution in [2.75, 3.05) is 0 Å². The number of fused-ring (bicyclic) bond motifs is 2. The van der Waals surface area contributed by atoms with Crippen molar-refractivity contribution in [2.45, 2.75) is 6.18 Å². The normalized spacial score (nSPS) is 11.9. The van der Waals surface area contributed by atoms with E-state index < -0.39 is 28.9 Å². The summed E-state index contributed by atoms with van der Waals surface area (Å²) < 4.78 is 52.0. The topological polar surface area (TPSA) is 56.5 Å². The van der Waals surface area contributed by atoms with Crippen molar-refractivity contribution >= 4 is 45.4 Å². The molecule has 5 rings (SSSR count). The fourth-order valence-corrected chi connectivity index (χ4v) is 4.15. The van der Waals surface area contributed by atoms with Crippen LogP contribution in [0.2, 0.25) is 5.02 Å². The Morgan fingerprint density at radius 3 is 2.38 bits per heavy atom. The highest BCUT2D eigenvalue weighted by Crippen LogP contribution is 2.38. The van der Waals surface area contributed by atoms with Crippen molar-refractivity contribution in [3.8, 4) is 16.9 Å². The van der Waals surface area contributed by atoms with E-state index in [2.05, 4.69) is 0 Å². The molecule has 0 aliphatic rings. The number of hydrogen-bond acceptors (Lipinski definition) is 4. The van der Waals surface area contributed by atoms with Gasteiger partial charge in [-0.1, -0.05) is 66.2 Å². The van der Waals surface area contributed by atoms with Crippen molar-refractivity contribution < 1.29 is 27.1 Å². The van der Waals surface area contributed by atoms with Gasteiger partial charge in [-0.25, -0.2) is 4.79 Å². The van der Waals surface area contributed by atoms with E-state index in [1.807, 2.05) is 42.5 Å². The van der Waals surface area contributed by atoms with Crippen molar-refractivity contribution in [2.24, 2.45) is 0 Å². The fraction of sp³-hybridized carbons (Fsp3) is 0.0345. The van der Waals surface area contributed by atoms with E-state index in [0.29, 0.717) is 5.02 Å². The van der Waals surface area contributed by atoms with Crippen LogP contribution >= 0.6 is 11.6 Å². The molecule has 8 heteroatoms. The number of carbonyl (C=O) groups is 1. The van der Waals surface area contributed by atoms with E-state index >= 15 is 0 Å². The Morgan fingerprint density at radius 1 is 0.892 bits per heavy atom. The number of hydrogen-bond donors (Lipinski definition) is 0. The van der Waals surface area contributed by atoms with Gasteiger partial charge in [-0.05, 0) is 52.2 Å². The van der Waals surface area contributed by atoms with Crippen LogP contribution in [0.3, 0.4) is 0 Å². The molecule has 0 bridgehead atoms. The molecule has 0 atom stereocenters. The molecule has 0 unspecified atom stereocenters. The average Bonchev–Trinajstić information content (AvgIpc) is 2.87. The molecule has 37 heavy (non-hydrogen) atoms. The number of alkyl halides is 3. The third-order valence-electron chi connectivity index (χ3n) is 5.69. The largest absolute Gasteiger partial charge is 0.450 e. The maximum absolute atomic E-state index is 13.9. The average molecular weight is 521 g/mol. The minimum Gasteiger partial charge on any atom is -0.450 e. The van der Waals surface area contributed by atoms with E-state index in [1.54, 1.807) is 6.08 Å². The summed E-state index contributed by atoms with van der Waals surface area (Å²) in [6.07, 6.45) is -2.14. The Morgan fingerprint density at radius 2 is 1.62 bits per heavy atom. The summed E-state index contributed by atoms with van der Waals surface area (Å²) in [5.74, 6) is -2.27. The summed E-state index contributed by atoms with van der Waals surface area (Å²) in [6, 6.07) is 22.4. The second kappa shape index (κ2) is 9.59. The first kappa shape index (κ1) is 24.3. The third-order valence-corrected chi connectivity index (χ3v) is 5.95. The number of rotatable bonds is 4. The Hall–Kier alpha value is -4.36. The highest BCUT2D eigenvalue weighted by atomic mass is 35.5. The van der Waals surface area contributed by atoms with E-state index in [1.165, 1.54) is 42.5 Å². The van der Waals surface area contributed by atoms with Crippen molar-refractivity contribution in [1.82, 2.24) is 0 Å². The Kier molecular flexibility index (Phi) is 6.31. The fourth-order valence-electron chi connectivity index (χ4n) is 4.02. The molecule has 184 valence electrons. The van der Waals surface area contributed by atoms with Crippen LogP contribution in [0.15, 0.2) is 100 Å². The predicted octanol–water partition coefficient (Wildman–Crippen LogP) is 7.90. The number of ether oxygens (including phenoxy) is 1. The summed E-state index contributed by atoms with van der Waals surface area (Å²) >= 11 is 5.84. The van der Waals surface area contributed by atoms with Gasteiger partial charge in [0.05, 0.1) is 10.9 Å². The molecule has 1 aromatic heterocycles. The first-order chi connectivity index (χ1) is 17.7. The molecule has 0 fully saturated rings. The highest BCUT2D eigenvalue weighted by molar-refractivity contribution is 6.30. The molecule has 0 saturated carbocycles. The molecule has 1 heterocycles. The molecule has 0 aliphatic carbocycles. The zero-order chi connectivity index (χ0) is 26.2. The lowest BCUT2D eigenvalue weighted by Gasteiger charge is -2.13. The maximum atomic E-state index is 13.9. The van der Waals surface area contributed by atoms with E-state index in [4.69, 9.17) is 20.8 Å². The molecule has 0 saturated heterocycles. The Balaban J connectivity index is 1.49. The molecule has 4 aromatic carbocycles. The van der Waals surface area contributed by atoms with Gasteiger partial charge in [0.1, 0.15) is 11.3 Å². The van der Waals surface area contributed by atoms with Gasteiger partial charge in [-0.3, -0.25) is 4.79 Å². The standard InChI is InChI=1S/C29H16ClF3O4/c30-20-11-8-19(9-12-20)26-27(35)23-14-13-21(16-24(23)37-28(26)29(31,32)33)36-25(34)15-10-18-6-3-5-17-4-1-2-7-22(17)18/h1-16H/b15-10+. The Bertz CT molecular complexity index is 1730. The molecule has 0 radical (unpaired) electrons. The molecule has 4 nitrogen and oxygen atoms in total. The maximum Gasteiger partial charge on any atom is 0.450 e. The molecular formula is C29H16ClF3O4. The summed E-state index contributed by atoms with van der Waals surface area (Å²) in [4.78, 5) is 25.5. The molecule has 0 aliphatic heterocycles. The van der Waals surface area contributed by atoms with Crippen LogP contribution in [0, 0.1) is 0 Å². The van der Waals surface area contributed by atoms with Crippen LogP contribution in [-0.2, 0) is 11.0 Å². The van der Waals surface area contributed by atoms with Gasteiger partial charge in [0.2, 0.25) is 11.2 Å². The SMILES string of the molecule is O=C(/C=C/c1cccc2ccccc12)Oc1ccc2c(=O)c(-c3ccc(Cl)cc3)c(C(F)(F)F)oc2c1. The van der Waals surface area contributed by atoms with Crippen LogP contribution < -0.4 is 10.2 Å². The molecule has 5 aromatic rings. The monoisotopic (exact) mass is 520 g/mol. The summed E-state index contributed by atoms with van der Waals surface area (Å²) in [6.45, 7) is 0. The highest BCUT2D eigenvalue weighted by Gasteiger charge is 2.39. The van der Waals surface area contributed by atoms with Gasteiger partial charge in [0.15, 0.2) is 0 Å². The first-order valence-electron chi connectivity index (χ1n) is 11.0. The zero-order valence-electron chi connectivity index (χ0n) is 18.9. The lowest BCUT2D eigenvalue weighted by atomic mass is 10.0. The van der Waals surface area contributed by atoms with E-state index in [-0.39, 0.29) is 22.3 Å². The lowest BCUT2D eigenvalue weighted by molar-refractivity contribution is -0.152. The molecular weight excluding hydrogens is 505 g/mol. The first-order valence-corrected chi connectivity index (χ1v) is 11.4. The Labute approximate surface area is 213 Å². The van der Waals surface area contributed by atoms with Gasteiger partial charge in [-0.2, -0.15) is 13.2 Å². The second-order valence-corrected chi connectivity index (χ2v) is 8.56. The molecule has 0 amide bonds. The van der Waals surface area contributed by atoms with E-state index in [0.717, 1.165) is 22.4 Å². The number of carbonyl (C=O) groups excluding carboxylic acids is 1. The summed E-state index contributed by atoms with van der Waals surface area (Å²) in [5, 5.41) is 2.16. The third kappa shape index (κ3) is 4.99. The number of benzene rings is 4. The number of esters is 1. The molecule has 0 spiro atoms. The molecule has 0 N–H and O–H groups in total.